The van der Waals surface area contributed by atoms with E-state index < -0.39 is 0 Å². The number of amides is 2. The lowest BCUT2D eigenvalue weighted by Gasteiger charge is -2.33. The van der Waals surface area contributed by atoms with E-state index in [0.717, 1.165) is 29.0 Å². The third-order valence-corrected chi connectivity index (χ3v) is 5.71. The number of H-pyrrole nitrogens is 1. The number of anilines is 2. The van der Waals surface area contributed by atoms with E-state index in [1.54, 1.807) is 27.8 Å². The minimum absolute atomic E-state index is 0.0912. The Bertz CT molecular complexity index is 1270. The number of benzene rings is 2. The number of hydrogen-bond donors (Lipinski definition) is 2. The van der Waals surface area contributed by atoms with Crippen molar-refractivity contribution in [3.8, 4) is 11.5 Å². The smallest absolute Gasteiger partial charge is 0.256 e. The second kappa shape index (κ2) is 7.84. The largest absolute Gasteiger partial charge is 0.360 e. The molecule has 0 aliphatic carbocycles. The number of nitrogens with zero attached hydrogens (tertiary/aromatic N) is 5. The number of imidazole rings is 1. The lowest BCUT2D eigenvalue weighted by molar-refractivity contribution is -0.129. The average Bonchev–Trinajstić information content (AvgIpc) is 3.38. The predicted octanol–water partition coefficient (Wildman–Crippen LogP) is 2.49. The fraction of sp³-hybridized carbons (Fsp3) is 0.217. The van der Waals surface area contributed by atoms with Crippen molar-refractivity contribution in [3.05, 3.63) is 60.2 Å². The molecule has 32 heavy (non-hydrogen) atoms. The van der Waals surface area contributed by atoms with Crippen LogP contribution in [-0.4, -0.2) is 63.1 Å². The molecule has 0 spiro atoms. The van der Waals surface area contributed by atoms with Crippen LogP contribution >= 0.6 is 0 Å². The van der Waals surface area contributed by atoms with Crippen LogP contribution in [0.4, 0.5) is 11.5 Å². The molecule has 5 rings (SSSR count). The molecule has 0 radical (unpaired) electrons. The van der Waals surface area contributed by atoms with Crippen LogP contribution in [-0.2, 0) is 11.8 Å². The Morgan fingerprint density at radius 3 is 2.59 bits per heavy atom. The monoisotopic (exact) mass is 429 g/mol. The van der Waals surface area contributed by atoms with Crippen molar-refractivity contribution in [3.63, 3.8) is 0 Å². The number of carbonyl (C=O) groups excluding carboxylic acids is 2. The van der Waals surface area contributed by atoms with Crippen LogP contribution in [0.15, 0.2) is 54.6 Å². The van der Waals surface area contributed by atoms with E-state index in [9.17, 15) is 9.59 Å². The van der Waals surface area contributed by atoms with Gasteiger partial charge < -0.3 is 20.1 Å². The van der Waals surface area contributed by atoms with Gasteiger partial charge in [0.25, 0.3) is 5.91 Å². The van der Waals surface area contributed by atoms with Crippen LogP contribution in [0.25, 0.3) is 22.6 Å². The van der Waals surface area contributed by atoms with Gasteiger partial charge in [0.1, 0.15) is 5.69 Å². The van der Waals surface area contributed by atoms with E-state index in [2.05, 4.69) is 20.4 Å². The van der Waals surface area contributed by atoms with E-state index in [1.807, 2.05) is 55.4 Å². The summed E-state index contributed by atoms with van der Waals surface area (Å²) >= 11 is 0. The van der Waals surface area contributed by atoms with Crippen LogP contribution in [0.3, 0.4) is 0 Å². The Labute approximate surface area is 184 Å². The number of carbonyl (C=O) groups is 2. The first-order valence-electron chi connectivity index (χ1n) is 10.4. The minimum Gasteiger partial charge on any atom is -0.360 e. The van der Waals surface area contributed by atoms with E-state index in [1.165, 1.54) is 0 Å². The van der Waals surface area contributed by atoms with Gasteiger partial charge >= 0.3 is 0 Å². The highest BCUT2D eigenvalue weighted by Gasteiger charge is 2.21. The first-order valence-corrected chi connectivity index (χ1v) is 10.4. The molecule has 4 aromatic rings. The zero-order valence-corrected chi connectivity index (χ0v) is 17.9. The van der Waals surface area contributed by atoms with Gasteiger partial charge in [-0.05, 0) is 36.4 Å². The standard InChI is InChI=1S/C23H23N7O2/c1-28-11-12-30(14-21(28)31)16-9-7-15(8-10-16)23(32)26-20-13-19(29(2)27-20)22-24-17-5-3-4-6-18(17)25-22/h3-10,13H,11-12,14H2,1-2H3,(H,24,25)(H,26,27,32). The maximum absolute atomic E-state index is 12.7. The number of fused-ring (bicyclic) bond motifs is 1. The molecule has 0 saturated carbocycles. The van der Waals surface area contributed by atoms with Gasteiger partial charge in [0, 0.05) is 44.5 Å². The second-order valence-corrected chi connectivity index (χ2v) is 7.88. The molecule has 162 valence electrons. The minimum atomic E-state index is -0.250. The van der Waals surface area contributed by atoms with Gasteiger partial charge in [-0.15, -0.1) is 0 Å². The molecule has 2 N–H and O–H groups in total. The van der Waals surface area contributed by atoms with Crippen molar-refractivity contribution in [2.45, 2.75) is 0 Å². The highest BCUT2D eigenvalue weighted by atomic mass is 16.2. The van der Waals surface area contributed by atoms with Gasteiger partial charge in [-0.3, -0.25) is 14.3 Å². The SMILES string of the molecule is CN1CCN(c2ccc(C(=O)Nc3cc(-c4nc5ccccc5[nH]4)n(C)n3)cc2)CC1=O. The fourth-order valence-electron chi connectivity index (χ4n) is 3.82. The van der Waals surface area contributed by atoms with E-state index in [0.29, 0.717) is 30.3 Å². The van der Waals surface area contributed by atoms with E-state index >= 15 is 0 Å². The topological polar surface area (TPSA) is 99.2 Å². The maximum Gasteiger partial charge on any atom is 0.256 e. The lowest BCUT2D eigenvalue weighted by Crippen LogP contribution is -2.48. The molecule has 2 aromatic carbocycles. The highest BCUT2D eigenvalue weighted by molar-refractivity contribution is 6.04. The summed E-state index contributed by atoms with van der Waals surface area (Å²) in [4.78, 5) is 36.3. The third-order valence-electron chi connectivity index (χ3n) is 5.71. The van der Waals surface area contributed by atoms with E-state index in [-0.39, 0.29) is 11.8 Å². The first kappa shape index (κ1) is 19.8. The Balaban J connectivity index is 1.30. The molecule has 0 unspecified atom stereocenters. The number of aromatic amines is 1. The summed E-state index contributed by atoms with van der Waals surface area (Å²) in [7, 11) is 3.62. The van der Waals surface area contributed by atoms with Crippen molar-refractivity contribution < 1.29 is 9.59 Å². The zero-order chi connectivity index (χ0) is 22.2. The molecule has 2 amide bonds. The normalized spacial score (nSPS) is 14.2. The molecule has 1 saturated heterocycles. The first-order chi connectivity index (χ1) is 15.5. The highest BCUT2D eigenvalue weighted by Crippen LogP contribution is 2.23. The number of aryl methyl sites for hydroxylation is 1. The van der Waals surface area contributed by atoms with Crippen LogP contribution in [0, 0.1) is 0 Å². The van der Waals surface area contributed by atoms with Crippen LogP contribution < -0.4 is 10.2 Å². The molecule has 0 bridgehead atoms. The Hall–Kier alpha value is -4.14. The van der Waals surface area contributed by atoms with Gasteiger partial charge in [0.15, 0.2) is 11.6 Å². The van der Waals surface area contributed by atoms with Crippen LogP contribution in [0.5, 0.6) is 0 Å². The zero-order valence-electron chi connectivity index (χ0n) is 17.9. The summed E-state index contributed by atoms with van der Waals surface area (Å²) in [6.07, 6.45) is 0. The van der Waals surface area contributed by atoms with E-state index in [4.69, 9.17) is 0 Å². The number of likely N-dealkylation sites (N-methyl/N-ethyl adjacent to an activating group) is 1. The molecule has 0 atom stereocenters. The third kappa shape index (κ3) is 3.68. The van der Waals surface area contributed by atoms with Crippen LogP contribution in [0.2, 0.25) is 0 Å². The predicted molar refractivity (Wildman–Crippen MR) is 123 cm³/mol. The van der Waals surface area contributed by atoms with Crippen molar-refractivity contribution in [1.82, 2.24) is 24.6 Å². The number of nitrogens with one attached hydrogen (secondary N) is 2. The van der Waals surface area contributed by atoms with Crippen molar-refractivity contribution in [2.24, 2.45) is 7.05 Å². The Morgan fingerprint density at radius 2 is 1.84 bits per heavy atom. The Kier molecular flexibility index (Phi) is 4.85. The molecule has 3 heterocycles. The van der Waals surface area contributed by atoms with Crippen molar-refractivity contribution >= 4 is 34.4 Å². The van der Waals surface area contributed by atoms with Crippen molar-refractivity contribution in [2.75, 3.05) is 36.9 Å². The number of hydrogen-bond acceptors (Lipinski definition) is 5. The summed E-state index contributed by atoms with van der Waals surface area (Å²) in [6, 6.07) is 16.8. The van der Waals surface area contributed by atoms with Crippen molar-refractivity contribution in [1.29, 1.82) is 0 Å². The second-order valence-electron chi connectivity index (χ2n) is 7.88. The summed E-state index contributed by atoms with van der Waals surface area (Å²) in [5.74, 6) is 0.975. The number of para-hydroxylation sites is 2. The molecule has 1 aliphatic heterocycles. The van der Waals surface area contributed by atoms with Gasteiger partial charge in [0.05, 0.1) is 17.6 Å². The fourth-order valence-corrected chi connectivity index (χ4v) is 3.82. The molecule has 1 fully saturated rings. The molecule has 9 nitrogen and oxygen atoms in total. The molecular formula is C23H23N7O2. The Morgan fingerprint density at radius 1 is 1.06 bits per heavy atom. The van der Waals surface area contributed by atoms with Gasteiger partial charge in [-0.2, -0.15) is 5.10 Å². The van der Waals surface area contributed by atoms with Gasteiger partial charge in [0.2, 0.25) is 5.91 Å². The molecule has 1 aliphatic rings. The maximum atomic E-state index is 12.7. The summed E-state index contributed by atoms with van der Waals surface area (Å²) < 4.78 is 1.68. The summed E-state index contributed by atoms with van der Waals surface area (Å²) in [5.41, 5.74) is 4.03. The molecule has 2 aromatic heterocycles. The van der Waals surface area contributed by atoms with Gasteiger partial charge in [-0.25, -0.2) is 4.98 Å². The molecule has 9 heteroatoms. The number of rotatable bonds is 4. The quantitative estimate of drug-likeness (QED) is 0.519. The van der Waals surface area contributed by atoms with Crippen LogP contribution in [0.1, 0.15) is 10.4 Å². The lowest BCUT2D eigenvalue weighted by atomic mass is 10.1. The molecular weight excluding hydrogens is 406 g/mol. The number of piperazine rings is 1. The van der Waals surface area contributed by atoms with Gasteiger partial charge in [-0.1, -0.05) is 12.1 Å². The summed E-state index contributed by atoms with van der Waals surface area (Å²) in [5, 5.41) is 7.25. The number of aromatic nitrogens is 4. The average molecular weight is 429 g/mol. The summed E-state index contributed by atoms with van der Waals surface area (Å²) in [6.45, 7) is 1.81.